The summed E-state index contributed by atoms with van der Waals surface area (Å²) in [6, 6.07) is 18.2. The van der Waals surface area contributed by atoms with Gasteiger partial charge in [0.1, 0.15) is 5.75 Å². The molecule has 5 N–H and O–H groups in total. The van der Waals surface area contributed by atoms with Crippen LogP contribution in [0.15, 0.2) is 83.4 Å². The van der Waals surface area contributed by atoms with E-state index >= 15 is 0 Å². The number of anilines is 3. The first-order chi connectivity index (χ1) is 19.2. The molecule has 3 aromatic rings. The first kappa shape index (κ1) is 30.4. The molecular formula is C30H32BrN3O6. The lowest BCUT2D eigenvalue weighted by Gasteiger charge is -2.28. The third-order valence-electron chi connectivity index (χ3n) is 5.89. The van der Waals surface area contributed by atoms with Crippen molar-refractivity contribution in [2.75, 3.05) is 23.0 Å². The fourth-order valence-electron chi connectivity index (χ4n) is 3.92. The van der Waals surface area contributed by atoms with Gasteiger partial charge in [0.25, 0.3) is 0 Å². The number of rotatable bonds is 12. The number of hydrogen-bond acceptors (Lipinski definition) is 7. The van der Waals surface area contributed by atoms with Gasteiger partial charge in [0.15, 0.2) is 11.9 Å². The number of carbonyl (C=O) groups is 3. The lowest BCUT2D eigenvalue weighted by molar-refractivity contribution is -0.111. The van der Waals surface area contributed by atoms with Crippen molar-refractivity contribution < 1.29 is 29.0 Å². The fraction of sp³-hybridized carbons (Fsp3) is 0.233. The number of phenols is 1. The van der Waals surface area contributed by atoms with E-state index in [-0.39, 0.29) is 17.4 Å². The highest BCUT2D eigenvalue weighted by molar-refractivity contribution is 9.10. The molecule has 2 amide bonds. The zero-order valence-corrected chi connectivity index (χ0v) is 23.8. The molecule has 0 heterocycles. The van der Waals surface area contributed by atoms with E-state index < -0.39 is 18.3 Å². The Morgan fingerprint density at radius 3 is 2.45 bits per heavy atom. The van der Waals surface area contributed by atoms with E-state index in [1.165, 1.54) is 19.1 Å². The number of ether oxygens (including phenoxy) is 2. The molecule has 0 bridgehead atoms. The van der Waals surface area contributed by atoms with Gasteiger partial charge in [0, 0.05) is 27.9 Å². The van der Waals surface area contributed by atoms with E-state index in [9.17, 15) is 19.5 Å². The molecule has 0 saturated heterocycles. The maximum Gasteiger partial charge on any atom is 0.412 e. The van der Waals surface area contributed by atoms with Gasteiger partial charge in [-0.15, -0.1) is 0 Å². The summed E-state index contributed by atoms with van der Waals surface area (Å²) in [5.41, 5.74) is 8.17. The molecule has 2 atom stereocenters. The van der Waals surface area contributed by atoms with Crippen molar-refractivity contribution >= 4 is 50.8 Å². The number of allylic oxidation sites excluding steroid dienone is 1. The second-order valence-electron chi connectivity index (χ2n) is 8.84. The summed E-state index contributed by atoms with van der Waals surface area (Å²) in [6.07, 6.45) is 1.51. The molecule has 0 aliphatic heterocycles. The molecule has 0 fully saturated rings. The van der Waals surface area contributed by atoms with Gasteiger partial charge >= 0.3 is 6.09 Å². The first-order valence-corrected chi connectivity index (χ1v) is 13.5. The molecule has 0 unspecified atom stereocenters. The highest BCUT2D eigenvalue weighted by Gasteiger charge is 2.30. The highest BCUT2D eigenvalue weighted by Crippen LogP contribution is 2.35. The molecule has 0 radical (unpaired) electrons. The van der Waals surface area contributed by atoms with E-state index in [0.717, 1.165) is 0 Å². The van der Waals surface area contributed by atoms with Gasteiger partial charge in [-0.2, -0.15) is 0 Å². The van der Waals surface area contributed by atoms with Crippen LogP contribution in [-0.4, -0.2) is 35.6 Å². The van der Waals surface area contributed by atoms with Gasteiger partial charge in [0.2, 0.25) is 5.91 Å². The lowest BCUT2D eigenvalue weighted by Crippen LogP contribution is -2.29. The predicted molar refractivity (Wildman–Crippen MR) is 158 cm³/mol. The molecule has 0 aromatic heterocycles. The topological polar surface area (TPSA) is 140 Å². The van der Waals surface area contributed by atoms with Gasteiger partial charge in [0.05, 0.1) is 17.5 Å². The summed E-state index contributed by atoms with van der Waals surface area (Å²) < 4.78 is 12.4. The van der Waals surface area contributed by atoms with Gasteiger partial charge in [-0.1, -0.05) is 34.1 Å². The number of amides is 2. The summed E-state index contributed by atoms with van der Waals surface area (Å²) >= 11 is 3.40. The van der Waals surface area contributed by atoms with Crippen LogP contribution >= 0.6 is 15.9 Å². The van der Waals surface area contributed by atoms with Gasteiger partial charge in [-0.05, 0) is 87.4 Å². The summed E-state index contributed by atoms with van der Waals surface area (Å²) in [5.74, 6) is -0.486. The zero-order chi connectivity index (χ0) is 29.1. The molecule has 0 aliphatic rings. The maximum absolute atomic E-state index is 12.9. The van der Waals surface area contributed by atoms with E-state index in [2.05, 4.69) is 26.6 Å². The van der Waals surface area contributed by atoms with Crippen molar-refractivity contribution in [1.29, 1.82) is 0 Å². The van der Waals surface area contributed by atoms with Gasteiger partial charge in [-0.25, -0.2) is 4.79 Å². The number of Topliss-reactive ketones (excluding diaryl/α,β-unsaturated/α-hetero) is 1. The summed E-state index contributed by atoms with van der Waals surface area (Å²) in [5, 5.41) is 16.0. The number of ketones is 1. The van der Waals surface area contributed by atoms with Crippen LogP contribution in [0.5, 0.6) is 5.75 Å². The third-order valence-corrected chi connectivity index (χ3v) is 6.39. The molecule has 9 nitrogen and oxygen atoms in total. The molecular weight excluding hydrogens is 578 g/mol. The van der Waals surface area contributed by atoms with Gasteiger partial charge < -0.3 is 25.6 Å². The minimum Gasteiger partial charge on any atom is -0.508 e. The van der Waals surface area contributed by atoms with E-state index in [4.69, 9.17) is 15.2 Å². The second kappa shape index (κ2) is 14.9. The Hall–Kier alpha value is -4.15. The number of benzene rings is 3. The number of carbonyl (C=O) groups excluding carboxylic acids is 3. The fourth-order valence-corrected chi connectivity index (χ4v) is 4.29. The van der Waals surface area contributed by atoms with Crippen molar-refractivity contribution in [3.05, 3.63) is 94.5 Å². The number of nitrogens with one attached hydrogen (secondary N) is 2. The van der Waals surface area contributed by atoms with Crippen LogP contribution in [0.4, 0.5) is 21.9 Å². The van der Waals surface area contributed by atoms with Crippen molar-refractivity contribution in [2.24, 2.45) is 0 Å². The standard InChI is InChI=1S/C30H32BrN3O6/c1-3-39-27(10-6-7-11-28(37)34-25-9-5-4-8-24(25)32)29(23-18-21(31)14-17-26(23)36)40-30(38)33-22-15-12-20(13-16-22)19(2)35/h4-5,7-9,11-18,27,29,36H,3,6,10,32H2,1-2H3,(H,33,38)(H,34,37)/b11-7+/t27-,29-/m0/s1. The van der Waals surface area contributed by atoms with E-state index in [1.54, 1.807) is 66.7 Å². The van der Waals surface area contributed by atoms with Crippen LogP contribution < -0.4 is 16.4 Å². The molecule has 0 saturated carbocycles. The number of hydrogen-bond donors (Lipinski definition) is 4. The summed E-state index contributed by atoms with van der Waals surface area (Å²) in [7, 11) is 0. The largest absolute Gasteiger partial charge is 0.508 e. The van der Waals surface area contributed by atoms with Crippen LogP contribution in [0.1, 0.15) is 48.7 Å². The second-order valence-corrected chi connectivity index (χ2v) is 9.75. The molecule has 0 aliphatic carbocycles. The van der Waals surface area contributed by atoms with E-state index in [0.29, 0.717) is 52.1 Å². The van der Waals surface area contributed by atoms with Crippen LogP contribution in [-0.2, 0) is 14.3 Å². The van der Waals surface area contributed by atoms with Gasteiger partial charge in [-0.3, -0.25) is 14.9 Å². The number of halogens is 1. The average Bonchev–Trinajstić information content (AvgIpc) is 2.92. The molecule has 0 spiro atoms. The number of nitrogens with two attached hydrogens (primary N) is 1. The Morgan fingerprint density at radius 1 is 1.05 bits per heavy atom. The average molecular weight is 611 g/mol. The molecule has 40 heavy (non-hydrogen) atoms. The van der Waals surface area contributed by atoms with Crippen molar-refractivity contribution in [1.82, 2.24) is 0 Å². The Balaban J connectivity index is 1.74. The number of aromatic hydroxyl groups is 1. The van der Waals surface area contributed by atoms with E-state index in [1.807, 2.05) is 6.92 Å². The van der Waals surface area contributed by atoms with Crippen LogP contribution in [0.25, 0.3) is 0 Å². The third kappa shape index (κ3) is 8.96. The monoisotopic (exact) mass is 609 g/mol. The van der Waals surface area contributed by atoms with Crippen LogP contribution in [0.2, 0.25) is 0 Å². The lowest BCUT2D eigenvalue weighted by atomic mass is 9.99. The van der Waals surface area contributed by atoms with Crippen molar-refractivity contribution in [3.63, 3.8) is 0 Å². The van der Waals surface area contributed by atoms with Crippen LogP contribution in [0, 0.1) is 0 Å². The Kier molecular flexibility index (Phi) is 11.3. The number of nitrogen functional groups attached to an aromatic ring is 1. The smallest absolute Gasteiger partial charge is 0.412 e. The quantitative estimate of drug-likeness (QED) is 0.103. The molecule has 3 rings (SSSR count). The first-order valence-electron chi connectivity index (χ1n) is 12.7. The molecule has 10 heteroatoms. The normalized spacial score (nSPS) is 12.5. The minimum atomic E-state index is -0.972. The summed E-state index contributed by atoms with van der Waals surface area (Å²) in [4.78, 5) is 36.8. The van der Waals surface area contributed by atoms with Crippen LogP contribution in [0.3, 0.4) is 0 Å². The summed E-state index contributed by atoms with van der Waals surface area (Å²) in [6.45, 7) is 3.60. The minimum absolute atomic E-state index is 0.0631. The SMILES string of the molecule is CCO[C@@H](CC/C=C/C(=O)Nc1ccccc1N)[C@@H](OC(=O)Nc1ccc(C(C)=O)cc1)c1cc(Br)ccc1O. The Bertz CT molecular complexity index is 1360. The Labute approximate surface area is 241 Å². The number of phenolic OH excluding ortho intramolecular Hbond substituents is 1. The van der Waals surface area contributed by atoms with Crippen molar-refractivity contribution in [3.8, 4) is 5.75 Å². The number of para-hydroxylation sites is 2. The highest BCUT2D eigenvalue weighted by atomic mass is 79.9. The zero-order valence-electron chi connectivity index (χ0n) is 22.2. The molecule has 3 aromatic carbocycles. The maximum atomic E-state index is 12.9. The molecule has 210 valence electrons. The predicted octanol–water partition coefficient (Wildman–Crippen LogP) is 6.61. The Morgan fingerprint density at radius 2 is 1.77 bits per heavy atom. The van der Waals surface area contributed by atoms with Crippen molar-refractivity contribution in [2.45, 2.75) is 38.9 Å².